The van der Waals surface area contributed by atoms with Gasteiger partial charge in [-0.1, -0.05) is 35.8 Å². The van der Waals surface area contributed by atoms with Gasteiger partial charge in [-0.2, -0.15) is 0 Å². The van der Waals surface area contributed by atoms with Gasteiger partial charge in [-0.25, -0.2) is 0 Å². The Labute approximate surface area is 75.3 Å². The predicted octanol–water partition coefficient (Wildman–Crippen LogP) is -4.05. The van der Waals surface area contributed by atoms with Gasteiger partial charge in [-0.3, -0.25) is 0 Å². The Morgan fingerprint density at radius 1 is 1.00 bits per heavy atom. The van der Waals surface area contributed by atoms with Crippen LogP contribution in [0.1, 0.15) is 1.43 Å². The molecule has 0 saturated carbocycles. The van der Waals surface area contributed by atoms with Crippen LogP contribution in [0.3, 0.4) is 0 Å². The average Bonchev–Trinajstić information content (AvgIpc) is 1.69. The fraction of sp³-hybridized carbons (Fsp3) is 0. The molecule has 1 rings (SSSR count). The summed E-state index contributed by atoms with van der Waals surface area (Å²) in [5.41, 5.74) is 0.822. The zero-order valence-corrected chi connectivity index (χ0v) is 5.96. The van der Waals surface area contributed by atoms with Crippen LogP contribution in [-0.2, 0) is 0 Å². The third kappa shape index (κ3) is 5.93. The molecule has 0 saturated heterocycles. The van der Waals surface area contributed by atoms with Gasteiger partial charge in [0.15, 0.2) is 0 Å². The van der Waals surface area contributed by atoms with E-state index in [1.165, 1.54) is 0 Å². The summed E-state index contributed by atoms with van der Waals surface area (Å²) in [6.45, 7) is 0. The Balaban J connectivity index is -0.0000000612. The zero-order chi connectivity index (χ0) is 5.11. The number of hydrogen-bond acceptors (Lipinski definition) is 0. The first kappa shape index (κ1) is 16.4. The fourth-order valence-electron chi connectivity index (χ4n) is 0.453. The van der Waals surface area contributed by atoms with E-state index >= 15 is 0 Å². The molecule has 0 unspecified atom stereocenters. The predicted molar refractivity (Wildman–Crippen MR) is 40.2 cm³/mol. The van der Waals surface area contributed by atoms with Crippen molar-refractivity contribution < 1.29 is 31.2 Å². The van der Waals surface area contributed by atoms with Crippen molar-refractivity contribution in [2.24, 2.45) is 0 Å². The molecule has 2 radical (unpaired) electrons. The molecule has 1 aromatic rings. The molecule has 0 aliphatic carbocycles. The van der Waals surface area contributed by atoms with Crippen molar-refractivity contribution in [3.63, 3.8) is 0 Å². The summed E-state index contributed by atoms with van der Waals surface area (Å²) >= 11 is 0. The molecule has 0 fully saturated rings. The summed E-state index contributed by atoms with van der Waals surface area (Å²) in [6.07, 6.45) is 0. The molecule has 0 amide bonds. The normalized spacial score (nSPS) is 6.00. The molecule has 0 aromatic heterocycles. The summed E-state index contributed by atoms with van der Waals surface area (Å²) in [4.78, 5) is 0. The molecular formula is C6H10BLiO2. The first-order valence-corrected chi connectivity index (χ1v) is 2.20. The van der Waals surface area contributed by atoms with E-state index in [2.05, 4.69) is 0 Å². The van der Waals surface area contributed by atoms with Crippen LogP contribution in [0.25, 0.3) is 0 Å². The van der Waals surface area contributed by atoms with Crippen LogP contribution in [0.2, 0.25) is 0 Å². The van der Waals surface area contributed by atoms with Gasteiger partial charge in [-0.05, 0) is 0 Å². The Morgan fingerprint density at radius 2 is 1.40 bits per heavy atom. The van der Waals surface area contributed by atoms with Crippen LogP contribution in [0.5, 0.6) is 0 Å². The molecule has 0 aliphatic rings. The summed E-state index contributed by atoms with van der Waals surface area (Å²) < 4.78 is 0. The quantitative estimate of drug-likeness (QED) is 0.322. The number of rotatable bonds is 0. The van der Waals surface area contributed by atoms with Crippen molar-refractivity contribution in [2.45, 2.75) is 0 Å². The molecule has 10 heavy (non-hydrogen) atoms. The van der Waals surface area contributed by atoms with Crippen LogP contribution < -0.4 is 24.3 Å². The van der Waals surface area contributed by atoms with E-state index in [0.717, 1.165) is 5.46 Å². The van der Waals surface area contributed by atoms with Crippen LogP contribution in [0.4, 0.5) is 0 Å². The van der Waals surface area contributed by atoms with Crippen LogP contribution in [-0.4, -0.2) is 18.8 Å². The van der Waals surface area contributed by atoms with Gasteiger partial charge in [0, 0.05) is 0 Å². The van der Waals surface area contributed by atoms with Crippen molar-refractivity contribution in [3.05, 3.63) is 30.3 Å². The number of hydrogen-bond donors (Lipinski definition) is 0. The minimum Gasteiger partial charge on any atom is -1.00 e. The van der Waals surface area contributed by atoms with Crippen LogP contribution in [0.15, 0.2) is 30.3 Å². The van der Waals surface area contributed by atoms with E-state index in [1.807, 2.05) is 30.3 Å². The number of benzene rings is 1. The van der Waals surface area contributed by atoms with Crippen molar-refractivity contribution >= 4 is 13.3 Å². The van der Waals surface area contributed by atoms with E-state index in [0.29, 0.717) is 0 Å². The minimum atomic E-state index is 0. The smallest absolute Gasteiger partial charge is 1.00 e. The van der Waals surface area contributed by atoms with E-state index in [-0.39, 0.29) is 31.2 Å². The molecule has 0 heterocycles. The molecule has 4 heteroatoms. The van der Waals surface area contributed by atoms with Gasteiger partial charge in [0.1, 0.15) is 7.85 Å². The molecule has 0 aliphatic heterocycles. The fourth-order valence-corrected chi connectivity index (χ4v) is 0.453. The molecule has 0 bridgehead atoms. The second kappa shape index (κ2) is 8.80. The van der Waals surface area contributed by atoms with Crippen molar-refractivity contribution in [1.82, 2.24) is 0 Å². The standard InChI is InChI=1S/C6H5B.Li.2H2O.H/c7-6-4-2-1-3-5-6;;;;/h1-5H;;2*1H2;/q;+1;;;-1. The molecule has 0 atom stereocenters. The van der Waals surface area contributed by atoms with Crippen molar-refractivity contribution in [3.8, 4) is 0 Å². The monoisotopic (exact) mass is 132 g/mol. The minimum absolute atomic E-state index is 0. The summed E-state index contributed by atoms with van der Waals surface area (Å²) in [6, 6.07) is 9.49. The van der Waals surface area contributed by atoms with Gasteiger partial charge in [0.25, 0.3) is 0 Å². The molecule has 2 nitrogen and oxygen atoms in total. The maximum atomic E-state index is 5.36. The first-order chi connectivity index (χ1) is 3.39. The second-order valence-corrected chi connectivity index (χ2v) is 1.41. The average molecular weight is 132 g/mol. The maximum Gasteiger partial charge on any atom is 1.00 e. The maximum absolute atomic E-state index is 5.36. The molecule has 1 aromatic carbocycles. The van der Waals surface area contributed by atoms with Crippen molar-refractivity contribution in [2.75, 3.05) is 0 Å². The van der Waals surface area contributed by atoms with E-state index < -0.39 is 0 Å². The van der Waals surface area contributed by atoms with E-state index in [4.69, 9.17) is 7.85 Å². The summed E-state index contributed by atoms with van der Waals surface area (Å²) in [7, 11) is 5.36. The second-order valence-electron chi connectivity index (χ2n) is 1.41. The van der Waals surface area contributed by atoms with Gasteiger partial charge < -0.3 is 12.4 Å². The Kier molecular flexibility index (Phi) is 14.4. The summed E-state index contributed by atoms with van der Waals surface area (Å²) in [5.74, 6) is 0. The van der Waals surface area contributed by atoms with Gasteiger partial charge in [-0.15, -0.1) is 0 Å². The van der Waals surface area contributed by atoms with Crippen LogP contribution in [0, 0.1) is 0 Å². The van der Waals surface area contributed by atoms with Crippen LogP contribution >= 0.6 is 0 Å². The molecule has 4 N–H and O–H groups in total. The Morgan fingerprint density at radius 3 is 1.60 bits per heavy atom. The van der Waals surface area contributed by atoms with E-state index in [1.54, 1.807) is 0 Å². The van der Waals surface area contributed by atoms with Gasteiger partial charge in [0.2, 0.25) is 0 Å². The third-order valence-electron chi connectivity index (χ3n) is 0.800. The summed E-state index contributed by atoms with van der Waals surface area (Å²) in [5, 5.41) is 0. The topological polar surface area (TPSA) is 63.0 Å². The molecular weight excluding hydrogens is 122 g/mol. The Bertz CT molecular complexity index is 151. The third-order valence-corrected chi connectivity index (χ3v) is 0.800. The molecule has 0 spiro atoms. The first-order valence-electron chi connectivity index (χ1n) is 2.20. The molecule has 50 valence electrons. The zero-order valence-electron chi connectivity index (χ0n) is 6.96. The van der Waals surface area contributed by atoms with E-state index in [9.17, 15) is 0 Å². The van der Waals surface area contributed by atoms with Gasteiger partial charge >= 0.3 is 18.9 Å². The van der Waals surface area contributed by atoms with Crippen molar-refractivity contribution in [1.29, 1.82) is 0 Å². The van der Waals surface area contributed by atoms with Gasteiger partial charge in [0.05, 0.1) is 0 Å². The largest absolute Gasteiger partial charge is 1.00 e. The Hall–Kier alpha value is -0.198. The SMILES string of the molecule is O.O.[B]c1ccccc1.[H-].[Li+].